The maximum absolute atomic E-state index is 13.2. The van der Waals surface area contributed by atoms with Gasteiger partial charge in [0.1, 0.15) is 11.6 Å². The molecule has 2 rings (SSSR count). The molecule has 88 valence electrons. The Morgan fingerprint density at radius 1 is 1.18 bits per heavy atom. The number of pyridine rings is 1. The third-order valence-electron chi connectivity index (χ3n) is 1.99. The van der Waals surface area contributed by atoms with Gasteiger partial charge in [-0.05, 0) is 46.6 Å². The Hall–Kier alpha value is -0.940. The number of halogens is 3. The molecule has 0 radical (unpaired) electrons. The number of hydrogen-bond acceptors (Lipinski definition) is 2. The molecule has 1 heterocycles. The van der Waals surface area contributed by atoms with Gasteiger partial charge in [0.25, 0.3) is 0 Å². The van der Waals surface area contributed by atoms with Gasteiger partial charge in [-0.25, -0.2) is 9.37 Å². The number of benzene rings is 1. The Balaban J connectivity index is 2.31. The second kappa shape index (κ2) is 5.14. The van der Waals surface area contributed by atoms with Crippen molar-refractivity contribution < 1.29 is 9.13 Å². The lowest BCUT2D eigenvalue weighted by Gasteiger charge is -2.07. The molecule has 0 amide bonds. The summed E-state index contributed by atoms with van der Waals surface area (Å²) < 4.78 is 20.0. The molecule has 2 aromatic rings. The van der Waals surface area contributed by atoms with E-state index in [9.17, 15) is 4.39 Å². The summed E-state index contributed by atoms with van der Waals surface area (Å²) in [6, 6.07) is 6.23. The van der Waals surface area contributed by atoms with Crippen LogP contribution < -0.4 is 4.74 Å². The summed E-state index contributed by atoms with van der Waals surface area (Å²) in [5, 5.41) is 0. The lowest BCUT2D eigenvalue weighted by molar-refractivity contribution is 0.454. The van der Waals surface area contributed by atoms with E-state index in [1.807, 2.05) is 13.0 Å². The lowest BCUT2D eigenvalue weighted by Crippen LogP contribution is -1.91. The normalized spacial score (nSPS) is 10.4. The smallest absolute Gasteiger partial charge is 0.233 e. The first-order valence-corrected chi connectivity index (χ1v) is 6.39. The fourth-order valence-electron chi connectivity index (χ4n) is 1.30. The Morgan fingerprint density at radius 3 is 2.59 bits per heavy atom. The van der Waals surface area contributed by atoms with Crippen LogP contribution in [0, 0.1) is 12.7 Å². The van der Waals surface area contributed by atoms with E-state index in [1.54, 1.807) is 12.3 Å². The molecule has 0 aliphatic carbocycles. The van der Waals surface area contributed by atoms with Gasteiger partial charge in [-0.3, -0.25) is 0 Å². The van der Waals surface area contributed by atoms with Crippen LogP contribution in [0.1, 0.15) is 5.56 Å². The van der Waals surface area contributed by atoms with Crippen LogP contribution in [0.3, 0.4) is 0 Å². The van der Waals surface area contributed by atoms with Gasteiger partial charge in [-0.1, -0.05) is 15.9 Å². The van der Waals surface area contributed by atoms with E-state index in [4.69, 9.17) is 4.74 Å². The third-order valence-corrected chi connectivity index (χ3v) is 3.02. The zero-order valence-corrected chi connectivity index (χ0v) is 12.0. The molecule has 17 heavy (non-hydrogen) atoms. The van der Waals surface area contributed by atoms with Crippen LogP contribution in [0.5, 0.6) is 11.6 Å². The van der Waals surface area contributed by atoms with Crippen LogP contribution in [0.15, 0.2) is 39.4 Å². The highest BCUT2D eigenvalue weighted by Gasteiger charge is 2.06. The summed E-state index contributed by atoms with van der Waals surface area (Å²) in [6.45, 7) is 1.93. The quantitative estimate of drug-likeness (QED) is 0.763. The van der Waals surface area contributed by atoms with E-state index in [2.05, 4.69) is 36.8 Å². The standard InChI is InChI=1S/C12H8Br2FNO/c1-7-2-11(14)12(16-6-7)17-10-4-8(13)3-9(15)5-10/h2-6H,1H3. The molecule has 1 aromatic carbocycles. The van der Waals surface area contributed by atoms with Crippen molar-refractivity contribution in [2.24, 2.45) is 0 Å². The molecule has 2 nitrogen and oxygen atoms in total. The summed E-state index contributed by atoms with van der Waals surface area (Å²) in [5.74, 6) is 0.444. The molecule has 5 heteroatoms. The van der Waals surface area contributed by atoms with Gasteiger partial charge in [-0.15, -0.1) is 0 Å². The van der Waals surface area contributed by atoms with Gasteiger partial charge in [0.2, 0.25) is 5.88 Å². The molecule has 0 spiro atoms. The third kappa shape index (κ3) is 3.26. The van der Waals surface area contributed by atoms with E-state index >= 15 is 0 Å². The van der Waals surface area contributed by atoms with Crippen LogP contribution in [0.25, 0.3) is 0 Å². The van der Waals surface area contributed by atoms with Gasteiger partial charge in [0, 0.05) is 16.7 Å². The van der Waals surface area contributed by atoms with E-state index in [-0.39, 0.29) is 5.82 Å². The van der Waals surface area contributed by atoms with Crippen LogP contribution >= 0.6 is 31.9 Å². The minimum Gasteiger partial charge on any atom is -0.438 e. The molecule has 0 N–H and O–H groups in total. The highest BCUT2D eigenvalue weighted by atomic mass is 79.9. The van der Waals surface area contributed by atoms with E-state index in [0.29, 0.717) is 16.1 Å². The largest absolute Gasteiger partial charge is 0.438 e. The average molecular weight is 361 g/mol. The van der Waals surface area contributed by atoms with Gasteiger partial charge < -0.3 is 4.74 Å². The van der Waals surface area contributed by atoms with Gasteiger partial charge >= 0.3 is 0 Å². The van der Waals surface area contributed by atoms with Crippen LogP contribution in [0.2, 0.25) is 0 Å². The fourth-order valence-corrected chi connectivity index (χ4v) is 2.28. The molecule has 0 aliphatic rings. The number of rotatable bonds is 2. The number of ether oxygens (including phenoxy) is 1. The molecule has 0 saturated heterocycles. The monoisotopic (exact) mass is 359 g/mol. The molecule has 0 unspecified atom stereocenters. The SMILES string of the molecule is Cc1cnc(Oc2cc(F)cc(Br)c2)c(Br)c1. The van der Waals surface area contributed by atoms with Crippen molar-refractivity contribution in [3.63, 3.8) is 0 Å². The Bertz CT molecular complexity index is 540. The maximum atomic E-state index is 13.2. The molecule has 0 saturated carbocycles. The zero-order chi connectivity index (χ0) is 12.4. The summed E-state index contributed by atoms with van der Waals surface area (Å²) >= 11 is 6.55. The first-order chi connectivity index (χ1) is 8.04. The number of aromatic nitrogens is 1. The van der Waals surface area contributed by atoms with Crippen molar-refractivity contribution in [2.45, 2.75) is 6.92 Å². The number of hydrogen-bond donors (Lipinski definition) is 0. The second-order valence-corrected chi connectivity index (χ2v) is 5.28. The topological polar surface area (TPSA) is 22.1 Å². The molecule has 0 atom stereocenters. The Kier molecular flexibility index (Phi) is 3.79. The predicted molar refractivity (Wildman–Crippen MR) is 70.8 cm³/mol. The van der Waals surface area contributed by atoms with Crippen LogP contribution in [-0.2, 0) is 0 Å². The highest BCUT2D eigenvalue weighted by Crippen LogP contribution is 2.29. The van der Waals surface area contributed by atoms with Gasteiger partial charge in [0.05, 0.1) is 4.47 Å². The molecular weight excluding hydrogens is 353 g/mol. The molecule has 0 bridgehead atoms. The van der Waals surface area contributed by atoms with Crippen molar-refractivity contribution in [1.29, 1.82) is 0 Å². The van der Waals surface area contributed by atoms with Gasteiger partial charge in [0.15, 0.2) is 0 Å². The summed E-state index contributed by atoms with van der Waals surface area (Å²) in [4.78, 5) is 4.13. The van der Waals surface area contributed by atoms with E-state index < -0.39 is 0 Å². The van der Waals surface area contributed by atoms with Crippen molar-refractivity contribution in [1.82, 2.24) is 4.98 Å². The Morgan fingerprint density at radius 2 is 1.94 bits per heavy atom. The van der Waals surface area contributed by atoms with Crippen molar-refractivity contribution in [3.8, 4) is 11.6 Å². The van der Waals surface area contributed by atoms with Crippen LogP contribution in [-0.4, -0.2) is 4.98 Å². The van der Waals surface area contributed by atoms with Crippen molar-refractivity contribution in [3.05, 3.63) is 50.8 Å². The molecule has 1 aromatic heterocycles. The number of aryl methyl sites for hydroxylation is 1. The first kappa shape index (κ1) is 12.5. The molecule has 0 aliphatic heterocycles. The average Bonchev–Trinajstić information content (AvgIpc) is 2.21. The Labute approximate surface area is 115 Å². The summed E-state index contributed by atoms with van der Waals surface area (Å²) in [7, 11) is 0. The fraction of sp³-hybridized carbons (Fsp3) is 0.0833. The first-order valence-electron chi connectivity index (χ1n) is 4.81. The lowest BCUT2D eigenvalue weighted by atomic mass is 10.3. The number of nitrogens with zero attached hydrogens (tertiary/aromatic N) is 1. The minimum absolute atomic E-state index is 0.363. The van der Waals surface area contributed by atoms with Crippen molar-refractivity contribution in [2.75, 3.05) is 0 Å². The van der Waals surface area contributed by atoms with Crippen molar-refractivity contribution >= 4 is 31.9 Å². The zero-order valence-electron chi connectivity index (χ0n) is 8.88. The maximum Gasteiger partial charge on any atom is 0.233 e. The predicted octanol–water partition coefficient (Wildman–Crippen LogP) is 4.85. The summed E-state index contributed by atoms with van der Waals surface area (Å²) in [6.07, 6.45) is 1.69. The van der Waals surface area contributed by atoms with E-state index in [0.717, 1.165) is 10.0 Å². The minimum atomic E-state index is -0.363. The summed E-state index contributed by atoms with van der Waals surface area (Å²) in [5.41, 5.74) is 1.02. The van der Waals surface area contributed by atoms with Gasteiger partial charge in [-0.2, -0.15) is 0 Å². The molecule has 0 fully saturated rings. The second-order valence-electron chi connectivity index (χ2n) is 3.51. The van der Waals surface area contributed by atoms with Crippen LogP contribution in [0.4, 0.5) is 4.39 Å². The highest BCUT2D eigenvalue weighted by molar-refractivity contribution is 9.10. The molecular formula is C12H8Br2FNO. The van der Waals surface area contributed by atoms with E-state index in [1.165, 1.54) is 12.1 Å².